The van der Waals surface area contributed by atoms with Crippen molar-refractivity contribution < 1.29 is 4.79 Å². The standard InChI is InChI=1S/C18H28N4O/c1-20-11-13-22(14-12-20)16-8-6-15(7-9-16)19-18(23)17-5-3-4-10-21(17)2/h6-9,17H,3-5,10-14H2,1-2H3,(H,19,23). The van der Waals surface area contributed by atoms with Gasteiger partial charge in [0.2, 0.25) is 5.91 Å². The summed E-state index contributed by atoms with van der Waals surface area (Å²) < 4.78 is 0. The van der Waals surface area contributed by atoms with E-state index in [4.69, 9.17) is 0 Å². The molecule has 5 heteroatoms. The minimum Gasteiger partial charge on any atom is -0.369 e. The van der Waals surface area contributed by atoms with Crippen molar-refractivity contribution in [3.63, 3.8) is 0 Å². The second kappa shape index (κ2) is 7.32. The number of carbonyl (C=O) groups excluding carboxylic acids is 1. The quantitative estimate of drug-likeness (QED) is 0.924. The maximum atomic E-state index is 12.4. The number of carbonyl (C=O) groups is 1. The van der Waals surface area contributed by atoms with E-state index in [1.165, 1.54) is 12.1 Å². The van der Waals surface area contributed by atoms with Gasteiger partial charge in [-0.3, -0.25) is 9.69 Å². The van der Waals surface area contributed by atoms with Crippen molar-refractivity contribution in [2.45, 2.75) is 25.3 Å². The van der Waals surface area contributed by atoms with E-state index in [0.717, 1.165) is 51.3 Å². The number of benzene rings is 1. The smallest absolute Gasteiger partial charge is 0.241 e. The van der Waals surface area contributed by atoms with Crippen molar-refractivity contribution in [1.82, 2.24) is 9.80 Å². The molecule has 1 atom stereocenters. The number of hydrogen-bond acceptors (Lipinski definition) is 4. The van der Waals surface area contributed by atoms with E-state index in [2.05, 4.69) is 39.2 Å². The Morgan fingerprint density at radius 3 is 2.35 bits per heavy atom. The van der Waals surface area contributed by atoms with Gasteiger partial charge in [0, 0.05) is 37.6 Å². The minimum absolute atomic E-state index is 0.0149. The molecule has 5 nitrogen and oxygen atoms in total. The van der Waals surface area contributed by atoms with Crippen molar-refractivity contribution in [2.24, 2.45) is 0 Å². The molecule has 1 amide bonds. The molecule has 2 aliphatic rings. The molecule has 1 unspecified atom stereocenters. The van der Waals surface area contributed by atoms with E-state index >= 15 is 0 Å². The number of likely N-dealkylation sites (N-methyl/N-ethyl adjacent to an activating group) is 2. The predicted octanol–water partition coefficient (Wildman–Crippen LogP) is 1.86. The number of piperazine rings is 1. The first-order valence-electron chi connectivity index (χ1n) is 8.68. The van der Waals surface area contributed by atoms with Crippen LogP contribution >= 0.6 is 0 Å². The molecule has 1 aromatic carbocycles. The fourth-order valence-corrected chi connectivity index (χ4v) is 3.45. The van der Waals surface area contributed by atoms with Crippen molar-refractivity contribution in [1.29, 1.82) is 0 Å². The van der Waals surface area contributed by atoms with Gasteiger partial charge in [0.1, 0.15) is 0 Å². The second-order valence-corrected chi connectivity index (χ2v) is 6.82. The summed E-state index contributed by atoms with van der Waals surface area (Å²) in [5.41, 5.74) is 2.14. The van der Waals surface area contributed by atoms with Crippen LogP contribution in [0, 0.1) is 0 Å². The SMILES string of the molecule is CN1CCN(c2ccc(NC(=O)C3CCCCN3C)cc2)CC1. The summed E-state index contributed by atoms with van der Waals surface area (Å²) in [6, 6.07) is 8.29. The Balaban J connectivity index is 1.58. The van der Waals surface area contributed by atoms with Crippen LogP contribution in [0.5, 0.6) is 0 Å². The van der Waals surface area contributed by atoms with Crippen LogP contribution in [-0.2, 0) is 4.79 Å². The van der Waals surface area contributed by atoms with Crippen LogP contribution in [0.25, 0.3) is 0 Å². The molecule has 1 N–H and O–H groups in total. The molecule has 0 saturated carbocycles. The third kappa shape index (κ3) is 4.03. The highest BCUT2D eigenvalue weighted by atomic mass is 16.2. The van der Waals surface area contributed by atoms with Crippen LogP contribution in [0.4, 0.5) is 11.4 Å². The maximum Gasteiger partial charge on any atom is 0.241 e. The lowest BCUT2D eigenvalue weighted by molar-refractivity contribution is -0.121. The number of anilines is 2. The fraction of sp³-hybridized carbons (Fsp3) is 0.611. The summed E-state index contributed by atoms with van der Waals surface area (Å²) in [6.07, 6.45) is 3.30. The van der Waals surface area contributed by atoms with Gasteiger partial charge in [-0.1, -0.05) is 6.42 Å². The molecule has 0 aromatic heterocycles. The van der Waals surface area contributed by atoms with Gasteiger partial charge in [-0.05, 0) is 57.7 Å². The van der Waals surface area contributed by atoms with Crippen molar-refractivity contribution >= 4 is 17.3 Å². The van der Waals surface area contributed by atoms with Crippen LogP contribution in [-0.4, -0.2) is 68.6 Å². The van der Waals surface area contributed by atoms with E-state index < -0.39 is 0 Å². The summed E-state index contributed by atoms with van der Waals surface area (Å²) in [5.74, 6) is 0.125. The first-order valence-corrected chi connectivity index (χ1v) is 8.68. The Morgan fingerprint density at radius 1 is 1.00 bits per heavy atom. The van der Waals surface area contributed by atoms with E-state index in [9.17, 15) is 4.79 Å². The molecule has 23 heavy (non-hydrogen) atoms. The monoisotopic (exact) mass is 316 g/mol. The first-order chi connectivity index (χ1) is 11.1. The molecule has 2 fully saturated rings. The average Bonchev–Trinajstić information content (AvgIpc) is 2.57. The van der Waals surface area contributed by atoms with Crippen LogP contribution in [0.1, 0.15) is 19.3 Å². The van der Waals surface area contributed by atoms with Crippen molar-refractivity contribution in [3.05, 3.63) is 24.3 Å². The number of amides is 1. The number of likely N-dealkylation sites (tertiary alicyclic amines) is 1. The number of nitrogens with zero attached hydrogens (tertiary/aromatic N) is 3. The van der Waals surface area contributed by atoms with Crippen molar-refractivity contribution in [3.8, 4) is 0 Å². The van der Waals surface area contributed by atoms with Gasteiger partial charge in [-0.25, -0.2) is 0 Å². The van der Waals surface area contributed by atoms with Gasteiger partial charge in [-0.15, -0.1) is 0 Å². The molecule has 2 saturated heterocycles. The number of nitrogens with one attached hydrogen (secondary N) is 1. The minimum atomic E-state index is 0.0149. The van der Waals surface area contributed by atoms with E-state index in [0.29, 0.717) is 0 Å². The molecule has 2 heterocycles. The zero-order chi connectivity index (χ0) is 16.2. The van der Waals surface area contributed by atoms with E-state index in [1.807, 2.05) is 19.2 Å². The van der Waals surface area contributed by atoms with Gasteiger partial charge in [-0.2, -0.15) is 0 Å². The molecule has 0 spiro atoms. The number of piperidine rings is 1. The summed E-state index contributed by atoms with van der Waals surface area (Å²) in [7, 11) is 4.21. The summed E-state index contributed by atoms with van der Waals surface area (Å²) in [4.78, 5) is 19.4. The van der Waals surface area contributed by atoms with Gasteiger partial charge in [0.25, 0.3) is 0 Å². The fourth-order valence-electron chi connectivity index (χ4n) is 3.45. The predicted molar refractivity (Wildman–Crippen MR) is 95.1 cm³/mol. The maximum absolute atomic E-state index is 12.4. The third-order valence-electron chi connectivity index (χ3n) is 5.08. The van der Waals surface area contributed by atoms with E-state index in [-0.39, 0.29) is 11.9 Å². The van der Waals surface area contributed by atoms with Crippen LogP contribution in [0.3, 0.4) is 0 Å². The van der Waals surface area contributed by atoms with Gasteiger partial charge in [0.05, 0.1) is 6.04 Å². The molecule has 1 aromatic rings. The Morgan fingerprint density at radius 2 is 1.70 bits per heavy atom. The summed E-state index contributed by atoms with van der Waals surface area (Å²) >= 11 is 0. The zero-order valence-electron chi connectivity index (χ0n) is 14.3. The molecule has 126 valence electrons. The lowest BCUT2D eigenvalue weighted by Crippen LogP contribution is -2.45. The topological polar surface area (TPSA) is 38.8 Å². The highest BCUT2D eigenvalue weighted by Crippen LogP contribution is 2.21. The van der Waals surface area contributed by atoms with Gasteiger partial charge in [0.15, 0.2) is 0 Å². The molecular weight excluding hydrogens is 288 g/mol. The highest BCUT2D eigenvalue weighted by molar-refractivity contribution is 5.95. The normalized spacial score (nSPS) is 23.7. The Labute approximate surface area is 139 Å². The first kappa shape index (κ1) is 16.3. The molecular formula is C18H28N4O. The zero-order valence-corrected chi connectivity index (χ0v) is 14.3. The highest BCUT2D eigenvalue weighted by Gasteiger charge is 2.25. The van der Waals surface area contributed by atoms with E-state index in [1.54, 1.807) is 0 Å². The molecule has 0 aliphatic carbocycles. The van der Waals surface area contributed by atoms with Crippen LogP contribution < -0.4 is 10.2 Å². The molecule has 0 bridgehead atoms. The summed E-state index contributed by atoms with van der Waals surface area (Å²) in [6.45, 7) is 5.35. The average molecular weight is 316 g/mol. The Hall–Kier alpha value is -1.59. The molecule has 3 rings (SSSR count). The number of rotatable bonds is 3. The number of hydrogen-bond donors (Lipinski definition) is 1. The molecule has 0 radical (unpaired) electrons. The van der Waals surface area contributed by atoms with Crippen LogP contribution in [0.2, 0.25) is 0 Å². The van der Waals surface area contributed by atoms with Crippen LogP contribution in [0.15, 0.2) is 24.3 Å². The lowest BCUT2D eigenvalue weighted by atomic mass is 10.0. The lowest BCUT2D eigenvalue weighted by Gasteiger charge is -2.34. The largest absolute Gasteiger partial charge is 0.369 e. The molecule has 2 aliphatic heterocycles. The Kier molecular flexibility index (Phi) is 5.18. The van der Waals surface area contributed by atoms with Crippen molar-refractivity contribution in [2.75, 3.05) is 57.0 Å². The van der Waals surface area contributed by atoms with Gasteiger partial charge < -0.3 is 15.1 Å². The second-order valence-electron chi connectivity index (χ2n) is 6.82. The third-order valence-corrected chi connectivity index (χ3v) is 5.08. The van der Waals surface area contributed by atoms with Gasteiger partial charge >= 0.3 is 0 Å². The summed E-state index contributed by atoms with van der Waals surface area (Å²) in [5, 5.41) is 3.07. The Bertz CT molecular complexity index is 522.